The maximum Gasteiger partial charge on any atom is 0.269 e. The van der Waals surface area contributed by atoms with Gasteiger partial charge in [-0.1, -0.05) is 13.8 Å². The van der Waals surface area contributed by atoms with Crippen molar-refractivity contribution >= 4 is 29.0 Å². The smallest absolute Gasteiger partial charge is 0.269 e. The summed E-state index contributed by atoms with van der Waals surface area (Å²) in [5, 5.41) is 17.0. The van der Waals surface area contributed by atoms with E-state index in [0.29, 0.717) is 23.9 Å². The summed E-state index contributed by atoms with van der Waals surface area (Å²) in [4.78, 5) is 23.4. The Morgan fingerprint density at radius 3 is 2.28 bits per heavy atom. The number of nitrogens with one attached hydrogen (secondary N) is 2. The first-order chi connectivity index (χ1) is 12.0. The van der Waals surface area contributed by atoms with Crippen LogP contribution in [0.25, 0.3) is 0 Å². The van der Waals surface area contributed by atoms with Crippen LogP contribution in [-0.2, 0) is 0 Å². The molecule has 2 rings (SSSR count). The highest BCUT2D eigenvalue weighted by molar-refractivity contribution is 7.99. The third-order valence-electron chi connectivity index (χ3n) is 3.31. The Bertz CT molecular complexity index is 715. The molecule has 0 fully saturated rings. The maximum absolute atomic E-state index is 12.1. The summed E-state index contributed by atoms with van der Waals surface area (Å²) in [6.45, 7) is 5.25. The van der Waals surface area contributed by atoms with E-state index in [1.807, 2.05) is 24.3 Å². The number of hydrogen-bond donors (Lipinski definition) is 2. The van der Waals surface area contributed by atoms with E-state index in [-0.39, 0.29) is 11.6 Å². The topological polar surface area (TPSA) is 84.3 Å². The maximum atomic E-state index is 12.1. The van der Waals surface area contributed by atoms with Crippen molar-refractivity contribution in [1.82, 2.24) is 5.32 Å². The third kappa shape index (κ3) is 6.11. The van der Waals surface area contributed by atoms with Gasteiger partial charge in [-0.25, -0.2) is 0 Å². The molecular formula is C18H21N3O3S. The van der Waals surface area contributed by atoms with Gasteiger partial charge in [0.05, 0.1) is 4.92 Å². The first-order valence-electron chi connectivity index (χ1n) is 7.99. The zero-order chi connectivity index (χ0) is 18.2. The first kappa shape index (κ1) is 18.8. The van der Waals surface area contributed by atoms with Gasteiger partial charge in [-0.15, -0.1) is 11.8 Å². The number of amides is 1. The number of rotatable bonds is 8. The molecule has 0 saturated carbocycles. The van der Waals surface area contributed by atoms with Gasteiger partial charge in [0.1, 0.15) is 0 Å². The van der Waals surface area contributed by atoms with E-state index >= 15 is 0 Å². The zero-order valence-electron chi connectivity index (χ0n) is 14.2. The van der Waals surface area contributed by atoms with Crippen molar-refractivity contribution in [3.63, 3.8) is 0 Å². The van der Waals surface area contributed by atoms with Crippen LogP contribution < -0.4 is 10.6 Å². The molecule has 0 heterocycles. The van der Waals surface area contributed by atoms with Crippen LogP contribution in [0.3, 0.4) is 0 Å². The number of anilines is 1. The molecule has 0 bridgehead atoms. The highest BCUT2D eigenvalue weighted by Gasteiger charge is 2.06. The first-order valence-corrected chi connectivity index (χ1v) is 8.87. The molecule has 0 aliphatic carbocycles. The highest BCUT2D eigenvalue weighted by Crippen LogP contribution is 2.22. The summed E-state index contributed by atoms with van der Waals surface area (Å²) < 4.78 is 0. The average Bonchev–Trinajstić information content (AvgIpc) is 2.59. The van der Waals surface area contributed by atoms with E-state index in [1.54, 1.807) is 23.9 Å². The zero-order valence-corrected chi connectivity index (χ0v) is 15.0. The molecule has 0 unspecified atom stereocenters. The lowest BCUT2D eigenvalue weighted by atomic mass is 10.2. The van der Waals surface area contributed by atoms with Crippen molar-refractivity contribution < 1.29 is 9.72 Å². The number of non-ortho nitro benzene ring substituents is 1. The molecule has 0 aliphatic rings. The molecule has 132 valence electrons. The van der Waals surface area contributed by atoms with Crippen molar-refractivity contribution in [3.05, 3.63) is 64.2 Å². The molecule has 0 saturated heterocycles. The predicted molar refractivity (Wildman–Crippen MR) is 101 cm³/mol. The van der Waals surface area contributed by atoms with Crippen LogP contribution in [0.5, 0.6) is 0 Å². The lowest BCUT2D eigenvalue weighted by Crippen LogP contribution is -2.28. The van der Waals surface area contributed by atoms with E-state index in [1.165, 1.54) is 12.1 Å². The van der Waals surface area contributed by atoms with Crippen LogP contribution in [0.1, 0.15) is 24.2 Å². The highest BCUT2D eigenvalue weighted by atomic mass is 32.2. The minimum absolute atomic E-state index is 0.0536. The monoisotopic (exact) mass is 359 g/mol. The SMILES string of the molecule is CC(C)Sc1ccc(C(=O)NCCNc2ccc([N+](=O)[O-])cc2)cc1. The molecule has 2 aromatic rings. The van der Waals surface area contributed by atoms with E-state index in [2.05, 4.69) is 24.5 Å². The number of benzene rings is 2. The summed E-state index contributed by atoms with van der Waals surface area (Å²) >= 11 is 1.76. The van der Waals surface area contributed by atoms with Gasteiger partial charge < -0.3 is 10.6 Å². The minimum Gasteiger partial charge on any atom is -0.383 e. The van der Waals surface area contributed by atoms with Crippen LogP contribution in [0, 0.1) is 10.1 Å². The molecular weight excluding hydrogens is 338 g/mol. The summed E-state index contributed by atoms with van der Waals surface area (Å²) in [5.74, 6) is -0.119. The molecule has 7 heteroatoms. The van der Waals surface area contributed by atoms with Crippen LogP contribution in [0.15, 0.2) is 53.4 Å². The normalized spacial score (nSPS) is 10.5. The van der Waals surface area contributed by atoms with Gasteiger partial charge in [0.25, 0.3) is 11.6 Å². The fraction of sp³-hybridized carbons (Fsp3) is 0.278. The molecule has 25 heavy (non-hydrogen) atoms. The molecule has 0 aliphatic heterocycles. The summed E-state index contributed by atoms with van der Waals surface area (Å²) in [6.07, 6.45) is 0. The lowest BCUT2D eigenvalue weighted by molar-refractivity contribution is -0.384. The van der Waals surface area contributed by atoms with Crippen LogP contribution in [0.4, 0.5) is 11.4 Å². The molecule has 0 spiro atoms. The Morgan fingerprint density at radius 2 is 1.72 bits per heavy atom. The molecule has 2 aromatic carbocycles. The number of nitro groups is 1. The summed E-state index contributed by atoms with van der Waals surface area (Å²) in [6, 6.07) is 13.7. The third-order valence-corrected chi connectivity index (χ3v) is 4.32. The summed E-state index contributed by atoms with van der Waals surface area (Å²) in [7, 11) is 0. The van der Waals surface area contributed by atoms with Gasteiger partial charge in [0.2, 0.25) is 0 Å². The number of nitro benzene ring substituents is 1. The second-order valence-corrected chi connectivity index (χ2v) is 7.33. The van der Waals surface area contributed by atoms with Crippen molar-refractivity contribution in [3.8, 4) is 0 Å². The van der Waals surface area contributed by atoms with Gasteiger partial charge in [-0.2, -0.15) is 0 Å². The van der Waals surface area contributed by atoms with Gasteiger partial charge in [0.15, 0.2) is 0 Å². The Labute approximate surface area is 151 Å². The van der Waals surface area contributed by atoms with Gasteiger partial charge >= 0.3 is 0 Å². The standard InChI is InChI=1S/C18H21N3O3S/c1-13(2)25-17-9-3-14(4-10-17)18(22)20-12-11-19-15-5-7-16(8-6-15)21(23)24/h3-10,13,19H,11-12H2,1-2H3,(H,20,22). The van der Waals surface area contributed by atoms with Crippen molar-refractivity contribution in [1.29, 1.82) is 0 Å². The van der Waals surface area contributed by atoms with Gasteiger partial charge in [0, 0.05) is 46.6 Å². The van der Waals surface area contributed by atoms with Crippen molar-refractivity contribution in [2.75, 3.05) is 18.4 Å². The minimum atomic E-state index is -0.436. The molecule has 0 aromatic heterocycles. The van der Waals surface area contributed by atoms with Gasteiger partial charge in [-0.3, -0.25) is 14.9 Å². The summed E-state index contributed by atoms with van der Waals surface area (Å²) in [5.41, 5.74) is 1.45. The van der Waals surface area contributed by atoms with Gasteiger partial charge in [-0.05, 0) is 36.4 Å². The largest absolute Gasteiger partial charge is 0.383 e. The quantitative estimate of drug-likeness (QED) is 0.323. The van der Waals surface area contributed by atoms with E-state index < -0.39 is 4.92 Å². The number of carbonyl (C=O) groups excluding carboxylic acids is 1. The molecule has 1 amide bonds. The van der Waals surface area contributed by atoms with Crippen LogP contribution in [-0.4, -0.2) is 29.2 Å². The predicted octanol–water partition coefficient (Wildman–Crippen LogP) is 3.94. The molecule has 0 atom stereocenters. The second kappa shape index (κ2) is 9.08. The molecule has 0 radical (unpaired) electrons. The van der Waals surface area contributed by atoms with Crippen LogP contribution in [0.2, 0.25) is 0 Å². The number of thioether (sulfide) groups is 1. The Hall–Kier alpha value is -2.54. The fourth-order valence-corrected chi connectivity index (χ4v) is 2.98. The molecule has 6 nitrogen and oxygen atoms in total. The molecule has 2 N–H and O–H groups in total. The Balaban J connectivity index is 1.75. The number of nitrogens with zero attached hydrogens (tertiary/aromatic N) is 1. The van der Waals surface area contributed by atoms with E-state index in [9.17, 15) is 14.9 Å². The lowest BCUT2D eigenvalue weighted by Gasteiger charge is -2.09. The fourth-order valence-electron chi connectivity index (χ4n) is 2.14. The Kier molecular flexibility index (Phi) is 6.82. The van der Waals surface area contributed by atoms with Crippen molar-refractivity contribution in [2.24, 2.45) is 0 Å². The number of carbonyl (C=O) groups is 1. The second-order valence-electron chi connectivity index (χ2n) is 5.68. The average molecular weight is 359 g/mol. The van der Waals surface area contributed by atoms with Crippen LogP contribution >= 0.6 is 11.8 Å². The van der Waals surface area contributed by atoms with E-state index in [4.69, 9.17) is 0 Å². The van der Waals surface area contributed by atoms with E-state index in [0.717, 1.165) is 10.6 Å². The Morgan fingerprint density at radius 1 is 1.08 bits per heavy atom. The van der Waals surface area contributed by atoms with Crippen molar-refractivity contribution in [2.45, 2.75) is 24.0 Å². The number of hydrogen-bond acceptors (Lipinski definition) is 5.